The summed E-state index contributed by atoms with van der Waals surface area (Å²) in [4.78, 5) is 4.38. The third-order valence-electron chi connectivity index (χ3n) is 3.08. The third kappa shape index (κ3) is 1.88. The molecule has 0 aliphatic carbocycles. The van der Waals surface area contributed by atoms with Crippen molar-refractivity contribution in [2.24, 2.45) is 0 Å². The van der Waals surface area contributed by atoms with Gasteiger partial charge in [-0.25, -0.2) is 9.37 Å². The van der Waals surface area contributed by atoms with Gasteiger partial charge in [0, 0.05) is 5.69 Å². The molecule has 0 spiro atoms. The van der Waals surface area contributed by atoms with E-state index >= 15 is 0 Å². The van der Waals surface area contributed by atoms with Crippen molar-refractivity contribution in [1.82, 2.24) is 9.55 Å². The maximum Gasteiger partial charge on any atom is 0.149 e. The van der Waals surface area contributed by atoms with E-state index in [1.807, 2.05) is 24.3 Å². The number of nitrogens with two attached hydrogens (primary N) is 1. The minimum absolute atomic E-state index is 0.110. The quantitative estimate of drug-likeness (QED) is 0.725. The highest BCUT2D eigenvalue weighted by atomic mass is 19.1. The number of aromatic nitrogens is 2. The average molecular weight is 266 g/mol. The Balaban J connectivity index is 2.33. The van der Waals surface area contributed by atoms with Crippen LogP contribution in [-0.4, -0.2) is 9.55 Å². The molecule has 4 nitrogen and oxygen atoms in total. The fourth-order valence-electron chi connectivity index (χ4n) is 2.24. The first kappa shape index (κ1) is 12.2. The Labute approximate surface area is 114 Å². The Morgan fingerprint density at radius 1 is 1.25 bits per heavy atom. The molecule has 0 radical (unpaired) electrons. The number of nitriles is 1. The van der Waals surface area contributed by atoms with Gasteiger partial charge in [-0.2, -0.15) is 5.26 Å². The van der Waals surface area contributed by atoms with Gasteiger partial charge in [0.1, 0.15) is 11.6 Å². The van der Waals surface area contributed by atoms with E-state index in [1.165, 1.54) is 6.07 Å². The fraction of sp³-hybridized carbons (Fsp3) is 0.0667. The summed E-state index contributed by atoms with van der Waals surface area (Å²) in [6, 6.07) is 13.9. The topological polar surface area (TPSA) is 67.6 Å². The number of nitrogen functional groups attached to an aromatic ring is 1. The second-order valence-electron chi connectivity index (χ2n) is 4.40. The van der Waals surface area contributed by atoms with Gasteiger partial charge in [-0.3, -0.25) is 4.57 Å². The number of imidazole rings is 1. The lowest BCUT2D eigenvalue weighted by molar-refractivity contribution is 0.618. The van der Waals surface area contributed by atoms with Crippen LogP contribution >= 0.6 is 0 Å². The minimum Gasteiger partial charge on any atom is -0.399 e. The Hall–Kier alpha value is -2.87. The molecule has 0 aliphatic heterocycles. The van der Waals surface area contributed by atoms with E-state index < -0.39 is 5.82 Å². The Kier molecular flexibility index (Phi) is 2.84. The van der Waals surface area contributed by atoms with Crippen molar-refractivity contribution in [2.45, 2.75) is 6.42 Å². The first-order chi connectivity index (χ1) is 9.70. The number of hydrogen-bond acceptors (Lipinski definition) is 3. The van der Waals surface area contributed by atoms with Crippen molar-refractivity contribution in [3.8, 4) is 11.8 Å². The molecule has 1 aromatic heterocycles. The van der Waals surface area contributed by atoms with Crippen LogP contribution < -0.4 is 5.73 Å². The molecule has 0 unspecified atom stereocenters. The van der Waals surface area contributed by atoms with Gasteiger partial charge in [0.25, 0.3) is 0 Å². The zero-order valence-electron chi connectivity index (χ0n) is 10.5. The van der Waals surface area contributed by atoms with Gasteiger partial charge in [-0.15, -0.1) is 0 Å². The molecule has 0 atom stereocenters. The summed E-state index contributed by atoms with van der Waals surface area (Å²) >= 11 is 0. The van der Waals surface area contributed by atoms with Crippen LogP contribution in [-0.2, 0) is 6.42 Å². The average Bonchev–Trinajstić information content (AvgIpc) is 2.78. The molecule has 2 aromatic carbocycles. The molecule has 0 bridgehead atoms. The Morgan fingerprint density at radius 2 is 2.05 bits per heavy atom. The van der Waals surface area contributed by atoms with Crippen LogP contribution in [0.4, 0.5) is 10.1 Å². The van der Waals surface area contributed by atoms with Gasteiger partial charge in [-0.1, -0.05) is 12.1 Å². The molecule has 3 rings (SSSR count). The largest absolute Gasteiger partial charge is 0.399 e. The maximum atomic E-state index is 14.2. The lowest BCUT2D eigenvalue weighted by Crippen LogP contribution is -2.03. The molecule has 0 amide bonds. The van der Waals surface area contributed by atoms with E-state index in [0.29, 0.717) is 17.2 Å². The maximum absolute atomic E-state index is 14.2. The summed E-state index contributed by atoms with van der Waals surface area (Å²) in [7, 11) is 0. The molecule has 0 aliphatic rings. The molecule has 0 saturated heterocycles. The van der Waals surface area contributed by atoms with E-state index in [2.05, 4.69) is 11.1 Å². The van der Waals surface area contributed by atoms with Crippen LogP contribution in [0, 0.1) is 17.1 Å². The standard InChI is InChI=1S/C15H11FN4/c16-11-9-10(18)5-6-13(11)20-14-4-2-1-3-12(14)19-15(20)7-8-17/h1-6,9H,7,18H2. The highest BCUT2D eigenvalue weighted by Crippen LogP contribution is 2.24. The highest BCUT2D eigenvalue weighted by Gasteiger charge is 2.14. The van der Waals surface area contributed by atoms with Crippen LogP contribution in [0.2, 0.25) is 0 Å². The predicted octanol–water partition coefficient (Wildman–Crippen LogP) is 2.81. The van der Waals surface area contributed by atoms with E-state index in [4.69, 9.17) is 11.0 Å². The first-order valence-corrected chi connectivity index (χ1v) is 6.09. The summed E-state index contributed by atoms with van der Waals surface area (Å²) in [5, 5.41) is 8.91. The van der Waals surface area contributed by atoms with E-state index in [-0.39, 0.29) is 6.42 Å². The number of benzene rings is 2. The van der Waals surface area contributed by atoms with E-state index in [9.17, 15) is 4.39 Å². The number of anilines is 1. The number of fused-ring (bicyclic) bond motifs is 1. The van der Waals surface area contributed by atoms with Crippen molar-refractivity contribution in [2.75, 3.05) is 5.73 Å². The van der Waals surface area contributed by atoms with Crippen molar-refractivity contribution in [3.05, 3.63) is 54.1 Å². The zero-order valence-corrected chi connectivity index (χ0v) is 10.5. The Bertz CT molecular complexity index is 829. The number of rotatable bonds is 2. The van der Waals surface area contributed by atoms with Gasteiger partial charge >= 0.3 is 0 Å². The van der Waals surface area contributed by atoms with Gasteiger partial charge in [-0.05, 0) is 30.3 Å². The molecular formula is C15H11FN4. The number of para-hydroxylation sites is 2. The molecule has 20 heavy (non-hydrogen) atoms. The SMILES string of the molecule is N#CCc1nc2ccccc2n1-c1ccc(N)cc1F. The molecular weight excluding hydrogens is 255 g/mol. The molecule has 98 valence electrons. The van der Waals surface area contributed by atoms with E-state index in [1.54, 1.807) is 16.7 Å². The monoisotopic (exact) mass is 266 g/mol. The van der Waals surface area contributed by atoms with Crippen LogP contribution in [0.3, 0.4) is 0 Å². The van der Waals surface area contributed by atoms with Crippen LogP contribution in [0.25, 0.3) is 16.7 Å². The molecule has 3 aromatic rings. The lowest BCUT2D eigenvalue weighted by atomic mass is 10.2. The second-order valence-corrected chi connectivity index (χ2v) is 4.40. The molecule has 0 fully saturated rings. The van der Waals surface area contributed by atoms with Crippen LogP contribution in [0.5, 0.6) is 0 Å². The third-order valence-corrected chi connectivity index (χ3v) is 3.08. The van der Waals surface area contributed by atoms with Crippen LogP contribution in [0.15, 0.2) is 42.5 Å². The summed E-state index contributed by atoms with van der Waals surface area (Å²) in [5.74, 6) is 0.0738. The smallest absolute Gasteiger partial charge is 0.149 e. The van der Waals surface area contributed by atoms with Crippen LogP contribution in [0.1, 0.15) is 5.82 Å². The number of nitrogens with zero attached hydrogens (tertiary/aromatic N) is 3. The van der Waals surface area contributed by atoms with Gasteiger partial charge in [0.15, 0.2) is 0 Å². The number of halogens is 1. The molecule has 5 heteroatoms. The lowest BCUT2D eigenvalue weighted by Gasteiger charge is -2.09. The molecule has 1 heterocycles. The van der Waals surface area contributed by atoms with Gasteiger partial charge in [0.05, 0.1) is 29.2 Å². The normalized spacial score (nSPS) is 10.6. The highest BCUT2D eigenvalue weighted by molar-refractivity contribution is 5.78. The Morgan fingerprint density at radius 3 is 2.80 bits per heavy atom. The first-order valence-electron chi connectivity index (χ1n) is 6.09. The predicted molar refractivity (Wildman–Crippen MR) is 74.8 cm³/mol. The summed E-state index contributed by atoms with van der Waals surface area (Å²) < 4.78 is 15.8. The fourth-order valence-corrected chi connectivity index (χ4v) is 2.24. The molecule has 0 saturated carbocycles. The summed E-state index contributed by atoms with van der Waals surface area (Å²) in [6.07, 6.45) is 0.110. The minimum atomic E-state index is -0.438. The van der Waals surface area contributed by atoms with Crippen molar-refractivity contribution < 1.29 is 4.39 Å². The zero-order chi connectivity index (χ0) is 14.1. The van der Waals surface area contributed by atoms with Crippen molar-refractivity contribution in [1.29, 1.82) is 5.26 Å². The second kappa shape index (κ2) is 4.67. The van der Waals surface area contributed by atoms with E-state index in [0.717, 1.165) is 11.0 Å². The summed E-state index contributed by atoms with van der Waals surface area (Å²) in [6.45, 7) is 0. The van der Waals surface area contributed by atoms with Gasteiger partial charge < -0.3 is 5.73 Å². The number of hydrogen-bond donors (Lipinski definition) is 1. The van der Waals surface area contributed by atoms with Crippen molar-refractivity contribution >= 4 is 16.7 Å². The summed E-state index contributed by atoms with van der Waals surface area (Å²) in [5.41, 5.74) is 7.77. The molecule has 2 N–H and O–H groups in total. The van der Waals surface area contributed by atoms with Crippen molar-refractivity contribution in [3.63, 3.8) is 0 Å². The van der Waals surface area contributed by atoms with Gasteiger partial charge in [0.2, 0.25) is 0 Å².